The number of nitrogens with zero attached hydrogens (tertiary/aromatic N) is 7. The summed E-state index contributed by atoms with van der Waals surface area (Å²) in [4.78, 5) is 101. The van der Waals surface area contributed by atoms with E-state index in [1.807, 2.05) is 4.90 Å². The Morgan fingerprint density at radius 1 is 0.859 bits per heavy atom. The smallest absolute Gasteiger partial charge is 0.455 e. The molecule has 34 heteroatoms. The minimum absolute atomic E-state index is 0.00946. The van der Waals surface area contributed by atoms with E-state index in [0.29, 0.717) is 49.7 Å². The molecule has 3 saturated heterocycles. The summed E-state index contributed by atoms with van der Waals surface area (Å²) in [6.45, 7) is -0.191. The molecule has 31 nitrogen and oxygen atoms in total. The number of alkyl carbamates (subject to hydrolysis) is 1. The van der Waals surface area contributed by atoms with Crippen LogP contribution in [0, 0.1) is 5.82 Å². The minimum atomic E-state index is -5.51. The number of aliphatic hydroxyl groups is 2. The Bertz CT molecular complexity index is 3040. The van der Waals surface area contributed by atoms with Crippen molar-refractivity contribution in [3.05, 3.63) is 101 Å². The van der Waals surface area contributed by atoms with Crippen molar-refractivity contribution in [3.63, 3.8) is 0 Å². The van der Waals surface area contributed by atoms with Gasteiger partial charge >= 0.3 is 33.4 Å². The molecule has 0 aliphatic carbocycles. The summed E-state index contributed by atoms with van der Waals surface area (Å²) in [5.41, 5.74) is 12.1. The number of esters is 1. The van der Waals surface area contributed by atoms with E-state index in [2.05, 4.69) is 35.1 Å². The second-order valence-corrected chi connectivity index (χ2v) is 20.3. The number of aromatic nitrogens is 6. The van der Waals surface area contributed by atoms with Crippen LogP contribution < -0.4 is 27.8 Å². The van der Waals surface area contributed by atoms with Crippen LogP contribution in [0.4, 0.5) is 26.5 Å². The molecule has 6 heterocycles. The number of nitrogens with one attached hydrogen (secondary N) is 2. The number of halogens is 1. The van der Waals surface area contributed by atoms with Crippen molar-refractivity contribution in [3.8, 4) is 0 Å². The maximum Gasteiger partial charge on any atom is 0.472 e. The molecule has 2 amide bonds. The van der Waals surface area contributed by atoms with E-state index in [0.717, 1.165) is 23.2 Å². The number of aliphatic hydroxyl groups excluding tert-OH is 2. The molecule has 3 aliphatic heterocycles. The number of amides is 2. The highest BCUT2D eigenvalue weighted by Crippen LogP contribution is 2.50. The number of phosphoric ester groups is 2. The summed E-state index contributed by atoms with van der Waals surface area (Å²) in [6.07, 6.45) is -12.3. The lowest BCUT2D eigenvalue weighted by atomic mass is 10.1. The Balaban J connectivity index is 0.969. The van der Waals surface area contributed by atoms with Crippen LogP contribution in [0.3, 0.4) is 0 Å². The minimum Gasteiger partial charge on any atom is -0.455 e. The van der Waals surface area contributed by atoms with Crippen molar-refractivity contribution in [2.24, 2.45) is 0 Å². The highest BCUT2D eigenvalue weighted by atomic mass is 31.2. The van der Waals surface area contributed by atoms with E-state index in [4.69, 9.17) is 48.9 Å². The Kier molecular flexibility index (Phi) is 18.9. The van der Waals surface area contributed by atoms with E-state index < -0.39 is 114 Å². The predicted molar refractivity (Wildman–Crippen MR) is 261 cm³/mol. The van der Waals surface area contributed by atoms with Gasteiger partial charge in [0.1, 0.15) is 60.6 Å². The van der Waals surface area contributed by atoms with Crippen LogP contribution in [0.25, 0.3) is 11.2 Å². The van der Waals surface area contributed by atoms with Crippen molar-refractivity contribution < 1.29 is 94.8 Å². The number of ether oxygens (including phenoxy) is 6. The Hall–Kier alpha value is -6.45. The molecule has 0 radical (unpaired) electrons. The lowest BCUT2D eigenvalue weighted by Crippen LogP contribution is -2.49. The Labute approximate surface area is 440 Å². The molecular formula is C44H54FN11O20P2. The van der Waals surface area contributed by atoms with Gasteiger partial charge in [-0.3, -0.25) is 32.4 Å². The average molecular weight is 1140 g/mol. The molecular weight excluding hydrogens is 1080 g/mol. The second kappa shape index (κ2) is 25.6. The second-order valence-electron chi connectivity index (χ2n) is 17.6. The van der Waals surface area contributed by atoms with Crippen LogP contribution in [0.5, 0.6) is 0 Å². The molecule has 10 atom stereocenters. The zero-order valence-electron chi connectivity index (χ0n) is 40.8. The standard InChI is InChI=1S/C44H54FN11O20P2/c45-26-5-1-24(2-6-26)17-32(57)51-27-7-3-25(4-8-27)18-70-44(62)52-28(19-69-16-13-54-11-14-68-15-12-54)42(60)75-36-29(73-41(34(36)58)56-23-50-33-38(47)48-22-49-39(33)56)21-72-78(66,67)76-37-30(20-71-77(63,64)65)74-40(35(37)59)55-10-9-31(46)53-43(55)61/h1-10,22-23,28-30,34-37,40-41,58-59H,11-21H2,(H,51,57)(H,52,62)(H,66,67)(H2,46,53,61)(H2,47,48,49)(H2,63,64,65)/t28-,29?,30+,34+,35+,36+,37+,40+,41+/m0/s1. The van der Waals surface area contributed by atoms with Gasteiger partial charge in [-0.2, -0.15) is 4.98 Å². The number of carbonyl (C=O) groups excluding carboxylic acids is 3. The van der Waals surface area contributed by atoms with Gasteiger partial charge in [-0.05, 0) is 41.5 Å². The van der Waals surface area contributed by atoms with Crippen LogP contribution in [0.15, 0.2) is 78.2 Å². The lowest BCUT2D eigenvalue weighted by Gasteiger charge is -2.27. The van der Waals surface area contributed by atoms with Gasteiger partial charge in [0, 0.05) is 31.5 Å². The molecule has 0 bridgehead atoms. The highest BCUT2D eigenvalue weighted by Gasteiger charge is 2.52. The number of rotatable bonds is 23. The topological polar surface area (TPSA) is 427 Å². The molecule has 3 aliphatic rings. The monoisotopic (exact) mass is 1140 g/mol. The first kappa shape index (κ1) is 57.7. The molecule has 2 aromatic carbocycles. The molecule has 5 aromatic rings. The third-order valence-electron chi connectivity index (χ3n) is 12.1. The third-order valence-corrected chi connectivity index (χ3v) is 13.6. The number of carbonyl (C=O) groups is 3. The predicted octanol–water partition coefficient (Wildman–Crippen LogP) is -0.748. The van der Waals surface area contributed by atoms with Gasteiger partial charge in [0.2, 0.25) is 5.91 Å². The van der Waals surface area contributed by atoms with Crippen LogP contribution in [0.1, 0.15) is 23.6 Å². The van der Waals surface area contributed by atoms with E-state index in [1.54, 1.807) is 24.3 Å². The van der Waals surface area contributed by atoms with Crippen LogP contribution >= 0.6 is 15.6 Å². The van der Waals surface area contributed by atoms with E-state index in [9.17, 15) is 57.6 Å². The number of morpholine rings is 1. The first-order chi connectivity index (χ1) is 37.2. The van der Waals surface area contributed by atoms with Crippen molar-refractivity contribution in [2.75, 3.05) is 76.1 Å². The molecule has 11 N–H and O–H groups in total. The molecule has 8 rings (SSSR count). The zero-order chi connectivity index (χ0) is 55.7. The van der Waals surface area contributed by atoms with E-state index in [1.165, 1.54) is 35.2 Å². The van der Waals surface area contributed by atoms with Crippen molar-refractivity contribution in [2.45, 2.75) is 68.1 Å². The fraction of sp³-hybridized carbons (Fsp3) is 0.455. The van der Waals surface area contributed by atoms with Crippen molar-refractivity contribution in [1.29, 1.82) is 0 Å². The summed E-state index contributed by atoms with van der Waals surface area (Å²) in [5.74, 6) is -2.28. The fourth-order valence-corrected chi connectivity index (χ4v) is 9.56. The number of fused-ring (bicyclic) bond motifs is 1. The maximum atomic E-state index is 14.2. The summed E-state index contributed by atoms with van der Waals surface area (Å²) >= 11 is 0. The number of benzene rings is 2. The first-order valence-electron chi connectivity index (χ1n) is 23.7. The van der Waals surface area contributed by atoms with Crippen molar-refractivity contribution in [1.82, 2.24) is 39.3 Å². The van der Waals surface area contributed by atoms with Crippen molar-refractivity contribution >= 4 is 62.1 Å². The summed E-state index contributed by atoms with van der Waals surface area (Å²) in [5, 5.41) is 28.3. The number of nitrogen functional groups attached to an aromatic ring is 2. The number of phosphoric acid groups is 2. The van der Waals surface area contributed by atoms with Crippen LogP contribution in [0.2, 0.25) is 0 Å². The Morgan fingerprint density at radius 3 is 2.23 bits per heavy atom. The molecule has 2 unspecified atom stereocenters. The fourth-order valence-electron chi connectivity index (χ4n) is 8.26. The van der Waals surface area contributed by atoms with Gasteiger partial charge in [-0.25, -0.2) is 42.9 Å². The molecule has 422 valence electrons. The summed E-state index contributed by atoms with van der Waals surface area (Å²) in [6, 6.07) is 11.3. The number of hydrogen-bond donors (Lipinski definition) is 9. The van der Waals surface area contributed by atoms with Gasteiger partial charge in [0.15, 0.2) is 36.1 Å². The molecule has 0 saturated carbocycles. The van der Waals surface area contributed by atoms with Crippen LogP contribution in [-0.2, 0) is 73.7 Å². The Morgan fingerprint density at radius 2 is 1.53 bits per heavy atom. The van der Waals surface area contributed by atoms with Gasteiger partial charge < -0.3 is 75.4 Å². The summed E-state index contributed by atoms with van der Waals surface area (Å²) < 4.78 is 89.9. The lowest BCUT2D eigenvalue weighted by molar-refractivity contribution is -0.160. The largest absolute Gasteiger partial charge is 0.472 e. The van der Waals surface area contributed by atoms with Gasteiger partial charge in [0.05, 0.1) is 52.4 Å². The number of anilines is 3. The molecule has 3 aromatic heterocycles. The highest BCUT2D eigenvalue weighted by molar-refractivity contribution is 7.47. The summed E-state index contributed by atoms with van der Waals surface area (Å²) in [7, 11) is -10.7. The SMILES string of the molecule is Nc1ccn([C@@H]2O[C@H](COP(=O)(O)O)[C@@H](OP(=O)(O)OCC3O[C@@H](n4cnc5c(N)ncnc54)[C@H](O)[C@@H]3OC(=O)[C@H](COCCN3CCOCC3)NC(=O)OCc3ccc(NC(=O)Cc4ccc(F)cc4)cc3)[C@H]2O)c(=O)n1. The van der Waals surface area contributed by atoms with Gasteiger partial charge in [-0.15, -0.1) is 0 Å². The molecule has 0 spiro atoms. The quantitative estimate of drug-likeness (QED) is 0.0221. The van der Waals surface area contributed by atoms with E-state index >= 15 is 0 Å². The normalized spacial score (nSPS) is 23.9. The maximum absolute atomic E-state index is 14.2. The average Bonchev–Trinajstić information content (AvgIpc) is 4.19. The number of nitrogens with two attached hydrogens (primary N) is 2. The van der Waals surface area contributed by atoms with Crippen LogP contribution in [-0.4, -0.2) is 179 Å². The van der Waals surface area contributed by atoms with Gasteiger partial charge in [0.25, 0.3) is 0 Å². The number of imidazole rings is 1. The zero-order valence-corrected chi connectivity index (χ0v) is 42.6. The molecule has 3 fully saturated rings. The van der Waals surface area contributed by atoms with E-state index in [-0.39, 0.29) is 48.3 Å². The number of hydrogen-bond acceptors (Lipinski definition) is 24. The molecule has 78 heavy (non-hydrogen) atoms. The first-order valence-corrected chi connectivity index (χ1v) is 26.7. The van der Waals surface area contributed by atoms with Gasteiger partial charge in [-0.1, -0.05) is 24.3 Å². The third kappa shape index (κ3) is 15.2.